The third-order valence-electron chi connectivity index (χ3n) is 0. The molecule has 13 heavy (non-hydrogen) atoms. The van der Waals surface area contributed by atoms with Crippen LogP contribution in [0.2, 0.25) is 0 Å². The number of carbonyl (C=O) groups excluding carboxylic acids is 4. The molecular weight excluding hydrogens is 352 g/mol. The average molecular weight is 352 g/mol. The van der Waals surface area contributed by atoms with Gasteiger partial charge in [0.2, 0.25) is 0 Å². The Morgan fingerprint density at radius 1 is 0.538 bits per heavy atom. The Morgan fingerprint density at radius 2 is 0.538 bits per heavy atom. The number of hydrogen-bond acceptors (Lipinski definition) is 4. The minimum absolute atomic E-state index is 0. The molecule has 0 spiro atoms. The van der Waals surface area contributed by atoms with Crippen LogP contribution in [0.15, 0.2) is 0 Å². The molecule has 0 aliphatic heterocycles. The Kier molecular flexibility index (Phi) is 414. The first-order valence-electron chi connectivity index (χ1n) is 1.71. The smallest absolute Gasteiger partial charge is 0 e. The molecule has 0 N–H and O–H groups in total. The predicted molar refractivity (Wildman–Crippen MR) is 36.2 cm³/mol. The van der Waals surface area contributed by atoms with E-state index in [0.29, 0.717) is 24.3 Å². The summed E-state index contributed by atoms with van der Waals surface area (Å²) < 4.78 is 0. The summed E-state index contributed by atoms with van der Waals surface area (Å²) in [5.74, 6) is 0. The molecule has 0 rings (SSSR count). The quantitative estimate of drug-likeness (QED) is 0.428. The standard InChI is InChI=1S/4CNO.W/c4*2-1-3;/q4*-1;. The van der Waals surface area contributed by atoms with Gasteiger partial charge in [-0.3, -0.25) is 19.2 Å². The van der Waals surface area contributed by atoms with Gasteiger partial charge in [0, 0.05) is 21.1 Å². The van der Waals surface area contributed by atoms with Crippen LogP contribution in [0, 0.1) is 0 Å². The van der Waals surface area contributed by atoms with Gasteiger partial charge in [-0.1, -0.05) is 0 Å². The van der Waals surface area contributed by atoms with Crippen LogP contribution in [0.5, 0.6) is 0 Å². The molecule has 0 fully saturated rings. The Balaban J connectivity index is -0.0000000213. The topological polar surface area (TPSA) is 157 Å². The minimum Gasteiger partial charge on any atom is -0.724 e. The van der Waals surface area contributed by atoms with Gasteiger partial charge in [-0.25, -0.2) is 0 Å². The molecule has 0 aromatic carbocycles. The van der Waals surface area contributed by atoms with Crippen molar-refractivity contribution in [1.29, 1.82) is 0 Å². The van der Waals surface area contributed by atoms with E-state index in [-0.39, 0.29) is 21.1 Å². The van der Waals surface area contributed by atoms with Crippen LogP contribution in [0.25, 0.3) is 21.6 Å². The number of rotatable bonds is 0. The Hall–Kier alpha value is -1.79. The summed E-state index contributed by atoms with van der Waals surface area (Å²) in [7, 11) is 0. The molecule has 0 atom stereocenters. The van der Waals surface area contributed by atoms with Crippen molar-refractivity contribution in [2.45, 2.75) is 0 Å². The van der Waals surface area contributed by atoms with Gasteiger partial charge in [0.15, 0.2) is 0 Å². The fourth-order valence-electron chi connectivity index (χ4n) is 0. The summed E-state index contributed by atoms with van der Waals surface area (Å²) in [4.78, 5) is 32.9. The van der Waals surface area contributed by atoms with Crippen molar-refractivity contribution in [2.75, 3.05) is 0 Å². The zero-order valence-corrected chi connectivity index (χ0v) is 8.76. The summed E-state index contributed by atoms with van der Waals surface area (Å²) in [5.41, 5.74) is 0. The first-order valence-corrected chi connectivity index (χ1v) is 1.71. The van der Waals surface area contributed by atoms with Crippen molar-refractivity contribution in [3.63, 3.8) is 0 Å². The largest absolute Gasteiger partial charge is 0.724 e. The van der Waals surface area contributed by atoms with E-state index in [1.54, 1.807) is 0 Å². The molecule has 0 heterocycles. The predicted octanol–water partition coefficient (Wildman–Crippen LogP) is -0.436. The zero-order valence-electron chi connectivity index (χ0n) is 5.83. The van der Waals surface area contributed by atoms with Crippen molar-refractivity contribution < 1.29 is 40.2 Å². The van der Waals surface area contributed by atoms with Crippen molar-refractivity contribution >= 4 is 24.3 Å². The van der Waals surface area contributed by atoms with Crippen molar-refractivity contribution in [3.05, 3.63) is 21.6 Å². The molecule has 0 aliphatic rings. The van der Waals surface area contributed by atoms with Gasteiger partial charge in [-0.05, 0) is 24.3 Å². The van der Waals surface area contributed by atoms with E-state index >= 15 is 0 Å². The number of isocyanates is 4. The van der Waals surface area contributed by atoms with Crippen LogP contribution >= 0.6 is 0 Å². The maximum absolute atomic E-state index is 8.24. The molecule has 0 amide bonds. The van der Waals surface area contributed by atoms with Crippen LogP contribution in [0.3, 0.4) is 0 Å². The van der Waals surface area contributed by atoms with Crippen LogP contribution < -0.4 is 0 Å². The zero-order chi connectivity index (χ0) is 10.8. The first kappa shape index (κ1) is 30.3. The van der Waals surface area contributed by atoms with E-state index in [1.807, 2.05) is 0 Å². The summed E-state index contributed by atoms with van der Waals surface area (Å²) >= 11 is 0. The molecule has 0 aromatic rings. The van der Waals surface area contributed by atoms with Crippen molar-refractivity contribution in [3.8, 4) is 0 Å². The maximum atomic E-state index is 8.24. The molecule has 0 aliphatic carbocycles. The Bertz CT molecular complexity index is 156. The molecule has 0 radical (unpaired) electrons. The first-order chi connectivity index (χ1) is 5.66. The van der Waals surface area contributed by atoms with Crippen molar-refractivity contribution in [1.82, 2.24) is 0 Å². The molecular formula is C4N4O4W-4. The maximum Gasteiger partial charge on any atom is 0 e. The summed E-state index contributed by atoms with van der Waals surface area (Å²) in [5, 5.41) is 27.1. The van der Waals surface area contributed by atoms with Gasteiger partial charge >= 0.3 is 0 Å². The van der Waals surface area contributed by atoms with Gasteiger partial charge in [-0.15, -0.1) is 0 Å². The minimum atomic E-state index is 0. The van der Waals surface area contributed by atoms with Gasteiger partial charge in [0.25, 0.3) is 0 Å². The second-order valence-corrected chi connectivity index (χ2v) is 0.365. The van der Waals surface area contributed by atoms with Gasteiger partial charge < -0.3 is 21.6 Å². The van der Waals surface area contributed by atoms with Crippen molar-refractivity contribution in [2.24, 2.45) is 0 Å². The number of hydrogen-bond donors (Lipinski definition) is 0. The van der Waals surface area contributed by atoms with E-state index in [4.69, 9.17) is 40.8 Å². The van der Waals surface area contributed by atoms with Gasteiger partial charge in [0.05, 0.1) is 0 Å². The van der Waals surface area contributed by atoms with Crippen LogP contribution in [-0.2, 0) is 40.2 Å². The van der Waals surface area contributed by atoms with Crippen LogP contribution in [-0.4, -0.2) is 24.3 Å². The summed E-state index contributed by atoms with van der Waals surface area (Å²) in [6, 6.07) is 0. The number of nitrogens with zero attached hydrogens (tertiary/aromatic N) is 4. The van der Waals surface area contributed by atoms with E-state index in [1.165, 1.54) is 0 Å². The summed E-state index contributed by atoms with van der Waals surface area (Å²) in [6.07, 6.45) is 2.00. The van der Waals surface area contributed by atoms with E-state index in [0.717, 1.165) is 0 Å². The normalized spacial score (nSPS) is 2.46. The average Bonchev–Trinajstić information content (AvgIpc) is 1.92. The SMILES string of the molecule is [N-]=C=O.[N-]=C=O.[N-]=C=O.[N-]=C=O.[W]. The molecule has 9 heteroatoms. The molecule has 0 unspecified atom stereocenters. The molecule has 8 nitrogen and oxygen atoms in total. The summed E-state index contributed by atoms with van der Waals surface area (Å²) in [6.45, 7) is 0. The second kappa shape index (κ2) is 177. The van der Waals surface area contributed by atoms with Crippen LogP contribution in [0.4, 0.5) is 0 Å². The van der Waals surface area contributed by atoms with E-state index < -0.39 is 0 Å². The van der Waals surface area contributed by atoms with E-state index in [2.05, 4.69) is 0 Å². The van der Waals surface area contributed by atoms with E-state index in [9.17, 15) is 0 Å². The molecule has 0 bridgehead atoms. The van der Waals surface area contributed by atoms with Gasteiger partial charge in [-0.2, -0.15) is 0 Å². The molecule has 0 saturated heterocycles. The molecule has 70 valence electrons. The van der Waals surface area contributed by atoms with Crippen LogP contribution in [0.1, 0.15) is 0 Å². The third kappa shape index (κ3) is 214. The Labute approximate surface area is 86.6 Å². The second-order valence-electron chi connectivity index (χ2n) is 0.365. The van der Waals surface area contributed by atoms with Gasteiger partial charge in [0.1, 0.15) is 0 Å². The Morgan fingerprint density at radius 3 is 0.538 bits per heavy atom. The monoisotopic (exact) mass is 352 g/mol. The third-order valence-corrected chi connectivity index (χ3v) is 0. The molecule has 0 aromatic heterocycles. The molecule has 0 saturated carbocycles. The fourth-order valence-corrected chi connectivity index (χ4v) is 0. The fraction of sp³-hybridized carbons (Fsp3) is 0.